The second-order valence-corrected chi connectivity index (χ2v) is 10.0. The molecule has 0 unspecified atom stereocenters. The highest BCUT2D eigenvalue weighted by molar-refractivity contribution is 7.99. The fourth-order valence-corrected chi connectivity index (χ4v) is 5.75. The average molecular weight is 422 g/mol. The third kappa shape index (κ3) is 4.62. The first-order chi connectivity index (χ1) is 13.4. The Labute approximate surface area is 175 Å². The Morgan fingerprint density at radius 2 is 2.07 bits per heavy atom. The molecule has 2 atom stereocenters. The van der Waals surface area contributed by atoms with Gasteiger partial charge in [-0.15, -0.1) is 11.3 Å². The maximum Gasteiger partial charge on any atom is 0.263 e. The van der Waals surface area contributed by atoms with Gasteiger partial charge in [0.15, 0.2) is 5.16 Å². The molecule has 0 spiro atoms. The van der Waals surface area contributed by atoms with E-state index in [-0.39, 0.29) is 17.5 Å². The smallest absolute Gasteiger partial charge is 0.263 e. The third-order valence-corrected chi connectivity index (χ3v) is 7.86. The van der Waals surface area contributed by atoms with Crippen molar-refractivity contribution in [3.63, 3.8) is 0 Å². The van der Waals surface area contributed by atoms with Gasteiger partial charge in [-0.25, -0.2) is 4.98 Å². The first-order valence-corrected chi connectivity index (χ1v) is 12.1. The van der Waals surface area contributed by atoms with Gasteiger partial charge in [-0.1, -0.05) is 44.9 Å². The summed E-state index contributed by atoms with van der Waals surface area (Å²) in [5.41, 5.74) is 1.06. The van der Waals surface area contributed by atoms with Gasteiger partial charge in [0.05, 0.1) is 11.1 Å². The normalized spacial score (nSPS) is 19.9. The maximum atomic E-state index is 13.1. The van der Waals surface area contributed by atoms with E-state index in [0.29, 0.717) is 23.4 Å². The van der Waals surface area contributed by atoms with E-state index >= 15 is 0 Å². The molecule has 2 heterocycles. The fraction of sp³-hybridized carbons (Fsp3) is 0.667. The van der Waals surface area contributed by atoms with Crippen LogP contribution in [0, 0.1) is 19.8 Å². The van der Waals surface area contributed by atoms with E-state index in [4.69, 9.17) is 4.98 Å². The molecule has 1 aliphatic rings. The minimum absolute atomic E-state index is 0.0316. The van der Waals surface area contributed by atoms with Gasteiger partial charge in [0.2, 0.25) is 5.91 Å². The van der Waals surface area contributed by atoms with E-state index in [1.54, 1.807) is 15.9 Å². The van der Waals surface area contributed by atoms with Crippen molar-refractivity contribution in [1.29, 1.82) is 0 Å². The highest BCUT2D eigenvalue weighted by Crippen LogP contribution is 2.29. The largest absolute Gasteiger partial charge is 0.352 e. The van der Waals surface area contributed by atoms with Crippen LogP contribution < -0.4 is 10.9 Å². The Morgan fingerprint density at radius 1 is 1.32 bits per heavy atom. The van der Waals surface area contributed by atoms with Crippen molar-refractivity contribution in [1.82, 2.24) is 14.9 Å². The van der Waals surface area contributed by atoms with E-state index in [1.807, 2.05) is 13.8 Å². The number of aryl methyl sites for hydroxylation is 2. The highest BCUT2D eigenvalue weighted by atomic mass is 32.2. The molecular formula is C21H31N3O2S2. The van der Waals surface area contributed by atoms with Gasteiger partial charge in [0.25, 0.3) is 5.56 Å². The number of carbonyl (C=O) groups is 1. The number of nitrogens with one attached hydrogen (secondary N) is 1. The van der Waals surface area contributed by atoms with Crippen LogP contribution in [-0.4, -0.2) is 27.3 Å². The predicted molar refractivity (Wildman–Crippen MR) is 119 cm³/mol. The molecule has 3 rings (SSSR count). The monoisotopic (exact) mass is 421 g/mol. The Hall–Kier alpha value is -1.34. The standard InChI is InChI=1S/C21H31N3O2S2/c1-5-6-11-24-20(26)18-14(3)15(4)28-19(18)23-21(24)27-12-17(25)22-16-10-8-7-9-13(16)2/h13,16H,5-12H2,1-4H3,(H,22,25)/t13-,16-/m1/s1. The van der Waals surface area contributed by atoms with E-state index in [1.165, 1.54) is 31.0 Å². The number of carbonyl (C=O) groups excluding carboxylic acids is 1. The van der Waals surface area contributed by atoms with Crippen molar-refractivity contribution in [2.75, 3.05) is 5.75 Å². The molecule has 0 aliphatic heterocycles. The van der Waals surface area contributed by atoms with Gasteiger partial charge in [0, 0.05) is 17.5 Å². The molecule has 0 radical (unpaired) electrons. The molecular weight excluding hydrogens is 390 g/mol. The van der Waals surface area contributed by atoms with Gasteiger partial charge < -0.3 is 5.32 Å². The molecule has 2 aromatic rings. The number of hydrogen-bond acceptors (Lipinski definition) is 5. The molecule has 0 bridgehead atoms. The summed E-state index contributed by atoms with van der Waals surface area (Å²) < 4.78 is 1.77. The Kier molecular flexibility index (Phi) is 7.20. The molecule has 5 nitrogen and oxygen atoms in total. The summed E-state index contributed by atoms with van der Waals surface area (Å²) in [4.78, 5) is 32.3. The van der Waals surface area contributed by atoms with Gasteiger partial charge in [-0.05, 0) is 44.6 Å². The van der Waals surface area contributed by atoms with E-state index in [2.05, 4.69) is 19.2 Å². The van der Waals surface area contributed by atoms with Crippen LogP contribution >= 0.6 is 23.1 Å². The highest BCUT2D eigenvalue weighted by Gasteiger charge is 2.23. The number of rotatable bonds is 7. The number of nitrogens with zero attached hydrogens (tertiary/aromatic N) is 2. The third-order valence-electron chi connectivity index (χ3n) is 5.78. The lowest BCUT2D eigenvalue weighted by Crippen LogP contribution is -2.41. The molecule has 1 saturated carbocycles. The summed E-state index contributed by atoms with van der Waals surface area (Å²) in [6.07, 6.45) is 6.63. The lowest BCUT2D eigenvalue weighted by molar-refractivity contribution is -0.119. The molecule has 0 saturated heterocycles. The van der Waals surface area contributed by atoms with Crippen LogP contribution in [0.25, 0.3) is 10.2 Å². The minimum atomic E-state index is 0.0316. The lowest BCUT2D eigenvalue weighted by Gasteiger charge is -2.29. The van der Waals surface area contributed by atoms with Gasteiger partial charge in [0.1, 0.15) is 4.83 Å². The number of hydrogen-bond donors (Lipinski definition) is 1. The van der Waals surface area contributed by atoms with Crippen LogP contribution in [0.4, 0.5) is 0 Å². The number of fused-ring (bicyclic) bond motifs is 1. The quantitative estimate of drug-likeness (QED) is 0.521. The van der Waals surface area contributed by atoms with Crippen LogP contribution in [0.3, 0.4) is 0 Å². The molecule has 0 aromatic carbocycles. The molecule has 154 valence electrons. The number of thiophene rings is 1. The average Bonchev–Trinajstić information content (AvgIpc) is 2.95. The van der Waals surface area contributed by atoms with Gasteiger partial charge in [-0.3, -0.25) is 14.2 Å². The second-order valence-electron chi connectivity index (χ2n) is 7.89. The number of amides is 1. The Bertz CT molecular complexity index is 903. The summed E-state index contributed by atoms with van der Waals surface area (Å²) in [5, 5.41) is 4.60. The van der Waals surface area contributed by atoms with E-state index in [0.717, 1.165) is 39.9 Å². The van der Waals surface area contributed by atoms with Crippen molar-refractivity contribution >= 4 is 39.2 Å². The molecule has 1 fully saturated rings. The summed E-state index contributed by atoms with van der Waals surface area (Å²) >= 11 is 2.95. The summed E-state index contributed by atoms with van der Waals surface area (Å²) in [5.74, 6) is 0.882. The summed E-state index contributed by atoms with van der Waals surface area (Å²) in [6.45, 7) is 9.01. The molecule has 28 heavy (non-hydrogen) atoms. The van der Waals surface area contributed by atoms with Crippen LogP contribution in [0.2, 0.25) is 0 Å². The van der Waals surface area contributed by atoms with Crippen LogP contribution in [0.1, 0.15) is 62.8 Å². The molecule has 2 aromatic heterocycles. The molecule has 1 aliphatic carbocycles. The SMILES string of the molecule is CCCCn1c(SCC(=O)N[C@@H]2CCCC[C@H]2C)nc2sc(C)c(C)c2c1=O. The first kappa shape index (κ1) is 21.4. The Morgan fingerprint density at radius 3 is 2.79 bits per heavy atom. The zero-order valence-corrected chi connectivity index (χ0v) is 19.0. The number of unbranched alkanes of at least 4 members (excludes halogenated alkanes) is 1. The van der Waals surface area contributed by atoms with Crippen molar-refractivity contribution < 1.29 is 4.79 Å². The van der Waals surface area contributed by atoms with Gasteiger partial charge in [-0.2, -0.15) is 0 Å². The predicted octanol–water partition coefficient (Wildman–Crippen LogP) is 4.66. The summed E-state index contributed by atoms with van der Waals surface area (Å²) in [7, 11) is 0. The molecule has 1 N–H and O–H groups in total. The van der Waals surface area contributed by atoms with Crippen molar-refractivity contribution in [2.45, 2.75) is 84.0 Å². The second kappa shape index (κ2) is 9.44. The van der Waals surface area contributed by atoms with E-state index < -0.39 is 0 Å². The molecule has 7 heteroatoms. The first-order valence-electron chi connectivity index (χ1n) is 10.3. The van der Waals surface area contributed by atoms with Crippen molar-refractivity contribution in [3.8, 4) is 0 Å². The van der Waals surface area contributed by atoms with Crippen LogP contribution in [0.5, 0.6) is 0 Å². The van der Waals surface area contributed by atoms with Gasteiger partial charge >= 0.3 is 0 Å². The van der Waals surface area contributed by atoms with Crippen molar-refractivity contribution in [2.24, 2.45) is 5.92 Å². The minimum Gasteiger partial charge on any atom is -0.352 e. The van der Waals surface area contributed by atoms with Crippen LogP contribution in [0.15, 0.2) is 9.95 Å². The van der Waals surface area contributed by atoms with E-state index in [9.17, 15) is 9.59 Å². The molecule has 1 amide bonds. The number of thioether (sulfide) groups is 1. The zero-order valence-electron chi connectivity index (χ0n) is 17.3. The topological polar surface area (TPSA) is 64.0 Å². The Balaban J connectivity index is 1.79. The fourth-order valence-electron chi connectivity index (χ4n) is 3.84. The van der Waals surface area contributed by atoms with Crippen LogP contribution in [-0.2, 0) is 11.3 Å². The lowest BCUT2D eigenvalue weighted by atomic mass is 9.86. The zero-order chi connectivity index (χ0) is 20.3. The summed E-state index contributed by atoms with van der Waals surface area (Å²) in [6, 6.07) is 0.280. The van der Waals surface area contributed by atoms with Crippen molar-refractivity contribution in [3.05, 3.63) is 20.8 Å². The number of aromatic nitrogens is 2. The maximum absolute atomic E-state index is 13.1.